The topological polar surface area (TPSA) is 52.6 Å². The van der Waals surface area contributed by atoms with Gasteiger partial charge in [0.15, 0.2) is 10.9 Å². The van der Waals surface area contributed by atoms with Crippen molar-refractivity contribution in [3.8, 4) is 0 Å². The van der Waals surface area contributed by atoms with Gasteiger partial charge in [-0.2, -0.15) is 0 Å². The predicted octanol–water partition coefficient (Wildman–Crippen LogP) is 2.14. The number of thiocarbonyl (C=S) groups is 1. The Morgan fingerprint density at radius 1 is 1.10 bits per heavy atom. The van der Waals surface area contributed by atoms with Crippen molar-refractivity contribution in [3.05, 3.63) is 0 Å². The van der Waals surface area contributed by atoms with Crippen molar-refractivity contribution in [2.75, 3.05) is 14.1 Å². The minimum Gasteiger partial charge on any atom is -0.463 e. The van der Waals surface area contributed by atoms with Gasteiger partial charge in [-0.25, -0.2) is 3.89 Å². The van der Waals surface area contributed by atoms with Crippen LogP contribution in [0.3, 0.4) is 0 Å². The summed E-state index contributed by atoms with van der Waals surface area (Å²) in [6, 6.07) is 0. The lowest BCUT2D eigenvalue weighted by Gasteiger charge is -2.26. The van der Waals surface area contributed by atoms with E-state index in [0.717, 1.165) is 0 Å². The van der Waals surface area contributed by atoms with Gasteiger partial charge in [-0.3, -0.25) is 9.59 Å². The van der Waals surface area contributed by atoms with Gasteiger partial charge in [-0.05, 0) is 39.9 Å². The van der Waals surface area contributed by atoms with Crippen LogP contribution in [-0.2, 0) is 19.1 Å². The second-order valence-electron chi connectivity index (χ2n) is 5.51. The summed E-state index contributed by atoms with van der Waals surface area (Å²) in [5.74, 6) is -1.84. The minimum absolute atomic E-state index is 0.00214. The molecule has 0 aromatic rings. The maximum absolute atomic E-state index is 12.1. The number of carbonyl (C=O) groups is 2. The van der Waals surface area contributed by atoms with E-state index >= 15 is 0 Å². The van der Waals surface area contributed by atoms with Crippen molar-refractivity contribution in [1.82, 2.24) is 0 Å². The van der Waals surface area contributed by atoms with E-state index in [1.165, 1.54) is 0 Å². The number of carbonyl (C=O) groups excluding carboxylic acids is 2. The molecule has 0 fully saturated rings. The monoisotopic (exact) mass is 322 g/mol. The van der Waals surface area contributed by atoms with Gasteiger partial charge in [0.25, 0.3) is 0 Å². The molecule has 0 saturated heterocycles. The highest BCUT2D eigenvalue weighted by Gasteiger charge is 2.37. The summed E-state index contributed by atoms with van der Waals surface area (Å²) in [6.45, 7) is 6.98. The van der Waals surface area contributed by atoms with Gasteiger partial charge in [0.2, 0.25) is 0 Å². The van der Waals surface area contributed by atoms with Crippen LogP contribution in [0.15, 0.2) is 0 Å². The highest BCUT2D eigenvalue weighted by Crippen LogP contribution is 2.20. The van der Waals surface area contributed by atoms with Crippen LogP contribution in [0.1, 0.15) is 34.1 Å². The van der Waals surface area contributed by atoms with Crippen LogP contribution in [0.5, 0.6) is 0 Å². The number of ether oxygens (including phenoxy) is 2. The van der Waals surface area contributed by atoms with Crippen LogP contribution < -0.4 is 0 Å². The molecular formula is C13H24NO4S2+. The first-order chi connectivity index (χ1) is 8.95. The highest BCUT2D eigenvalue weighted by atomic mass is 32.1. The molecule has 0 rings (SSSR count). The van der Waals surface area contributed by atoms with Gasteiger partial charge < -0.3 is 9.47 Å². The van der Waals surface area contributed by atoms with E-state index in [1.807, 2.05) is 0 Å². The Morgan fingerprint density at radius 2 is 1.55 bits per heavy atom. The first-order valence-electron chi connectivity index (χ1n) is 6.46. The molecule has 116 valence electrons. The Kier molecular flexibility index (Phi) is 7.69. The van der Waals surface area contributed by atoms with Crippen molar-refractivity contribution in [2.24, 2.45) is 5.92 Å². The molecule has 0 saturated carbocycles. The summed E-state index contributed by atoms with van der Waals surface area (Å²) < 4.78 is 10.2. The zero-order chi connectivity index (χ0) is 16.1. The predicted molar refractivity (Wildman–Crippen MR) is 84.3 cm³/mol. The molecule has 0 heterocycles. The standard InChI is InChI=1S/C13H24NO4S2/c1-8(2)17-11(15)7-10(12(19)14(5,6)20)13(16)18-9(3)4/h8-10,20H,7H2,1-6H3/q+1. The molecule has 7 heteroatoms. The van der Waals surface area contributed by atoms with Crippen molar-refractivity contribution >= 4 is 42.0 Å². The molecule has 1 atom stereocenters. The van der Waals surface area contributed by atoms with Crippen LogP contribution in [0.25, 0.3) is 0 Å². The Morgan fingerprint density at radius 3 is 1.90 bits per heavy atom. The molecule has 0 spiro atoms. The lowest BCUT2D eigenvalue weighted by atomic mass is 10.1. The molecule has 0 N–H and O–H groups in total. The molecule has 0 aromatic heterocycles. The molecule has 0 radical (unpaired) electrons. The molecule has 20 heavy (non-hydrogen) atoms. The SMILES string of the molecule is CC(C)OC(=O)CC(C(=O)OC(C)C)C(=S)[N+](C)(C)S. The number of thiol groups is 1. The van der Waals surface area contributed by atoms with Gasteiger partial charge in [0.05, 0.1) is 45.5 Å². The third-order valence-electron chi connectivity index (χ3n) is 2.21. The fourth-order valence-corrected chi connectivity index (χ4v) is 1.76. The highest BCUT2D eigenvalue weighted by molar-refractivity contribution is 7.82. The van der Waals surface area contributed by atoms with E-state index in [2.05, 4.69) is 12.8 Å². The quantitative estimate of drug-likeness (QED) is 0.351. The summed E-state index contributed by atoms with van der Waals surface area (Å²) in [4.78, 5) is 24.2. The third kappa shape index (κ3) is 7.21. The third-order valence-corrected chi connectivity index (χ3v) is 3.30. The van der Waals surface area contributed by atoms with Crippen molar-refractivity contribution in [2.45, 2.75) is 46.3 Å². The number of hydrogen-bond acceptors (Lipinski definition) is 6. The van der Waals surface area contributed by atoms with E-state index in [4.69, 9.17) is 21.7 Å². The normalized spacial score (nSPS) is 13.2. The molecule has 1 unspecified atom stereocenters. The number of esters is 2. The smallest absolute Gasteiger partial charge is 0.320 e. The summed E-state index contributed by atoms with van der Waals surface area (Å²) >= 11 is 9.56. The Hall–Kier alpha value is -0.660. The molecule has 0 aliphatic carbocycles. The van der Waals surface area contributed by atoms with Gasteiger partial charge >= 0.3 is 11.9 Å². The zero-order valence-corrected chi connectivity index (χ0v) is 14.6. The summed E-state index contributed by atoms with van der Waals surface area (Å²) in [7, 11) is 3.43. The second-order valence-corrected chi connectivity index (χ2v) is 6.93. The average molecular weight is 322 g/mol. The molecule has 0 amide bonds. The fraction of sp³-hybridized carbons (Fsp3) is 0.769. The van der Waals surface area contributed by atoms with Gasteiger partial charge in [-0.1, -0.05) is 0 Å². The van der Waals surface area contributed by atoms with Crippen LogP contribution in [-0.4, -0.2) is 47.1 Å². The minimum atomic E-state index is -0.842. The fourth-order valence-electron chi connectivity index (χ4n) is 1.44. The van der Waals surface area contributed by atoms with E-state index in [9.17, 15) is 9.59 Å². The Labute approximate surface area is 131 Å². The van der Waals surface area contributed by atoms with E-state index in [-0.39, 0.29) is 22.5 Å². The van der Waals surface area contributed by atoms with Gasteiger partial charge in [0, 0.05) is 0 Å². The second kappa shape index (κ2) is 7.95. The zero-order valence-electron chi connectivity index (χ0n) is 12.9. The number of nitrogens with zero attached hydrogens (tertiary/aromatic N) is 1. The molecule has 5 nitrogen and oxygen atoms in total. The van der Waals surface area contributed by atoms with Crippen molar-refractivity contribution in [3.63, 3.8) is 0 Å². The molecular weight excluding hydrogens is 298 g/mol. The lowest BCUT2D eigenvalue weighted by Crippen LogP contribution is -2.44. The van der Waals surface area contributed by atoms with Gasteiger partial charge in [0.1, 0.15) is 0 Å². The maximum atomic E-state index is 12.1. The molecule has 0 aliphatic rings. The first-order valence-corrected chi connectivity index (χ1v) is 7.27. The number of rotatable bonds is 6. The summed E-state index contributed by atoms with van der Waals surface area (Å²) in [6.07, 6.45) is -0.647. The van der Waals surface area contributed by atoms with Gasteiger partial charge in [-0.15, -0.1) is 0 Å². The lowest BCUT2D eigenvalue weighted by molar-refractivity contribution is -0.642. The number of hydrogen-bond donors (Lipinski definition) is 1. The van der Waals surface area contributed by atoms with E-state index in [1.54, 1.807) is 41.8 Å². The summed E-state index contributed by atoms with van der Waals surface area (Å²) in [5, 5.41) is 0. The van der Waals surface area contributed by atoms with Crippen LogP contribution in [0, 0.1) is 5.92 Å². The number of quaternary nitrogens is 1. The van der Waals surface area contributed by atoms with Crippen LogP contribution in [0.4, 0.5) is 0 Å². The van der Waals surface area contributed by atoms with Crippen LogP contribution >= 0.6 is 25.0 Å². The Bertz CT molecular complexity index is 375. The Balaban J connectivity index is 5.03. The first kappa shape index (κ1) is 19.3. The summed E-state index contributed by atoms with van der Waals surface area (Å²) in [5.41, 5.74) is 0. The maximum Gasteiger partial charge on any atom is 0.320 e. The largest absolute Gasteiger partial charge is 0.463 e. The van der Waals surface area contributed by atoms with E-state index < -0.39 is 17.9 Å². The molecule has 0 aromatic carbocycles. The van der Waals surface area contributed by atoms with E-state index in [0.29, 0.717) is 4.99 Å². The van der Waals surface area contributed by atoms with Crippen molar-refractivity contribution < 1.29 is 23.0 Å². The van der Waals surface area contributed by atoms with Crippen molar-refractivity contribution in [1.29, 1.82) is 0 Å². The average Bonchev–Trinajstić information content (AvgIpc) is 2.21. The van der Waals surface area contributed by atoms with Crippen LogP contribution in [0.2, 0.25) is 0 Å². The molecule has 0 aliphatic heterocycles. The molecule has 0 bridgehead atoms.